The number of hydrogen-bond acceptors (Lipinski definition) is 3. The summed E-state index contributed by atoms with van der Waals surface area (Å²) >= 11 is 0. The van der Waals surface area contributed by atoms with E-state index >= 15 is 0 Å². The molecule has 0 amide bonds. The second kappa shape index (κ2) is 7.85. The SMILES string of the molecule is CCCCC1C=CCN1CCOCCO. The molecule has 1 rings (SSSR count). The van der Waals surface area contributed by atoms with Gasteiger partial charge in [-0.05, 0) is 6.42 Å². The summed E-state index contributed by atoms with van der Waals surface area (Å²) in [6.07, 6.45) is 8.36. The van der Waals surface area contributed by atoms with Crippen LogP contribution in [0.1, 0.15) is 26.2 Å². The van der Waals surface area contributed by atoms with E-state index in [1.807, 2.05) is 0 Å². The van der Waals surface area contributed by atoms with E-state index < -0.39 is 0 Å². The van der Waals surface area contributed by atoms with Crippen molar-refractivity contribution in [2.24, 2.45) is 0 Å². The van der Waals surface area contributed by atoms with Gasteiger partial charge in [-0.1, -0.05) is 31.9 Å². The Bertz CT molecular complexity index is 182. The molecule has 3 nitrogen and oxygen atoms in total. The number of ether oxygens (including phenoxy) is 1. The molecule has 0 radical (unpaired) electrons. The quantitative estimate of drug-likeness (QED) is 0.489. The molecule has 0 aromatic rings. The molecule has 1 unspecified atom stereocenters. The minimum atomic E-state index is 0.123. The maximum Gasteiger partial charge on any atom is 0.0698 e. The van der Waals surface area contributed by atoms with Gasteiger partial charge < -0.3 is 9.84 Å². The lowest BCUT2D eigenvalue weighted by Crippen LogP contribution is -2.33. The molecule has 0 saturated carbocycles. The molecular formula is C12H23NO2. The second-order valence-electron chi connectivity index (χ2n) is 3.97. The fraction of sp³-hybridized carbons (Fsp3) is 0.833. The summed E-state index contributed by atoms with van der Waals surface area (Å²) in [5.74, 6) is 0. The largest absolute Gasteiger partial charge is 0.394 e. The van der Waals surface area contributed by atoms with Gasteiger partial charge in [0.2, 0.25) is 0 Å². The van der Waals surface area contributed by atoms with Crippen molar-refractivity contribution < 1.29 is 9.84 Å². The van der Waals surface area contributed by atoms with Crippen LogP contribution in [0.3, 0.4) is 0 Å². The topological polar surface area (TPSA) is 32.7 Å². The van der Waals surface area contributed by atoms with Crippen LogP contribution in [0.25, 0.3) is 0 Å². The first kappa shape index (κ1) is 12.7. The Hall–Kier alpha value is -0.380. The number of rotatable bonds is 8. The van der Waals surface area contributed by atoms with Crippen molar-refractivity contribution in [2.75, 3.05) is 32.9 Å². The van der Waals surface area contributed by atoms with Crippen LogP contribution >= 0.6 is 0 Å². The van der Waals surface area contributed by atoms with E-state index in [-0.39, 0.29) is 6.61 Å². The zero-order valence-corrected chi connectivity index (χ0v) is 9.69. The minimum Gasteiger partial charge on any atom is -0.394 e. The fourth-order valence-corrected chi connectivity index (χ4v) is 1.91. The van der Waals surface area contributed by atoms with Gasteiger partial charge >= 0.3 is 0 Å². The first-order valence-corrected chi connectivity index (χ1v) is 5.97. The summed E-state index contributed by atoms with van der Waals surface area (Å²) in [6, 6.07) is 0.614. The highest BCUT2D eigenvalue weighted by Gasteiger charge is 2.18. The van der Waals surface area contributed by atoms with Crippen LogP contribution < -0.4 is 0 Å². The van der Waals surface area contributed by atoms with Gasteiger partial charge in [0, 0.05) is 19.1 Å². The highest BCUT2D eigenvalue weighted by Crippen LogP contribution is 2.15. The molecule has 1 heterocycles. The zero-order valence-electron chi connectivity index (χ0n) is 9.69. The Balaban J connectivity index is 2.11. The van der Waals surface area contributed by atoms with Crippen molar-refractivity contribution in [3.8, 4) is 0 Å². The normalized spacial score (nSPS) is 21.3. The maximum absolute atomic E-state index is 8.58. The molecule has 3 heteroatoms. The van der Waals surface area contributed by atoms with Crippen LogP contribution in [0, 0.1) is 0 Å². The number of hydrogen-bond donors (Lipinski definition) is 1. The van der Waals surface area contributed by atoms with Crippen LogP contribution in [0.4, 0.5) is 0 Å². The zero-order chi connectivity index (χ0) is 10.9. The van der Waals surface area contributed by atoms with Crippen molar-refractivity contribution in [3.05, 3.63) is 12.2 Å². The minimum absolute atomic E-state index is 0.123. The van der Waals surface area contributed by atoms with E-state index in [1.165, 1.54) is 19.3 Å². The van der Waals surface area contributed by atoms with Gasteiger partial charge in [-0.15, -0.1) is 0 Å². The van der Waals surface area contributed by atoms with Crippen LogP contribution in [0.2, 0.25) is 0 Å². The van der Waals surface area contributed by atoms with E-state index in [0.717, 1.165) is 19.7 Å². The highest BCUT2D eigenvalue weighted by atomic mass is 16.5. The summed E-state index contributed by atoms with van der Waals surface area (Å²) in [5, 5.41) is 8.58. The van der Waals surface area contributed by atoms with Crippen molar-refractivity contribution in [1.29, 1.82) is 0 Å². The van der Waals surface area contributed by atoms with Gasteiger partial charge in [0.15, 0.2) is 0 Å². The van der Waals surface area contributed by atoms with Gasteiger partial charge in [-0.3, -0.25) is 4.90 Å². The molecule has 1 aliphatic heterocycles. The molecule has 0 saturated heterocycles. The van der Waals surface area contributed by atoms with Crippen LogP contribution in [0.15, 0.2) is 12.2 Å². The summed E-state index contributed by atoms with van der Waals surface area (Å²) < 4.78 is 5.28. The maximum atomic E-state index is 8.58. The molecule has 1 aliphatic rings. The standard InChI is InChI=1S/C12H23NO2/c1-2-3-5-12-6-4-7-13(12)8-10-15-11-9-14/h4,6,12,14H,2-3,5,7-11H2,1H3. The van der Waals surface area contributed by atoms with Crippen LogP contribution in [0.5, 0.6) is 0 Å². The van der Waals surface area contributed by atoms with Crippen LogP contribution in [-0.4, -0.2) is 49.0 Å². The molecule has 0 aromatic heterocycles. The molecule has 0 bridgehead atoms. The third-order valence-electron chi connectivity index (χ3n) is 2.78. The Kier molecular flexibility index (Phi) is 6.64. The summed E-state index contributed by atoms with van der Waals surface area (Å²) in [7, 11) is 0. The highest BCUT2D eigenvalue weighted by molar-refractivity contribution is 5.03. The molecule has 88 valence electrons. The fourth-order valence-electron chi connectivity index (χ4n) is 1.91. The Morgan fingerprint density at radius 3 is 3.07 bits per heavy atom. The number of aliphatic hydroxyl groups excluding tert-OH is 1. The Morgan fingerprint density at radius 1 is 1.47 bits per heavy atom. The molecule has 1 atom stereocenters. The molecule has 0 aromatic carbocycles. The number of aliphatic hydroxyl groups is 1. The first-order chi connectivity index (χ1) is 7.38. The Morgan fingerprint density at radius 2 is 2.33 bits per heavy atom. The van der Waals surface area contributed by atoms with E-state index in [2.05, 4.69) is 24.0 Å². The Labute approximate surface area is 92.7 Å². The smallest absolute Gasteiger partial charge is 0.0698 e. The van der Waals surface area contributed by atoms with Gasteiger partial charge in [-0.2, -0.15) is 0 Å². The van der Waals surface area contributed by atoms with Crippen LogP contribution in [-0.2, 0) is 4.74 Å². The molecule has 0 spiro atoms. The first-order valence-electron chi connectivity index (χ1n) is 5.97. The molecule has 1 N–H and O–H groups in total. The number of nitrogens with zero attached hydrogens (tertiary/aromatic N) is 1. The third kappa shape index (κ3) is 4.78. The van der Waals surface area contributed by atoms with E-state index in [0.29, 0.717) is 12.6 Å². The van der Waals surface area contributed by atoms with E-state index in [4.69, 9.17) is 9.84 Å². The predicted octanol–water partition coefficient (Wildman–Crippen LogP) is 1.43. The predicted molar refractivity (Wildman–Crippen MR) is 61.9 cm³/mol. The van der Waals surface area contributed by atoms with Gasteiger partial charge in [0.05, 0.1) is 19.8 Å². The van der Waals surface area contributed by atoms with Crippen molar-refractivity contribution >= 4 is 0 Å². The van der Waals surface area contributed by atoms with Gasteiger partial charge in [-0.25, -0.2) is 0 Å². The van der Waals surface area contributed by atoms with Gasteiger partial charge in [0.25, 0.3) is 0 Å². The van der Waals surface area contributed by atoms with E-state index in [1.54, 1.807) is 0 Å². The average Bonchev–Trinajstić information content (AvgIpc) is 2.69. The molecule has 0 aliphatic carbocycles. The summed E-state index contributed by atoms with van der Waals surface area (Å²) in [5.41, 5.74) is 0. The van der Waals surface area contributed by atoms with E-state index in [9.17, 15) is 0 Å². The third-order valence-corrected chi connectivity index (χ3v) is 2.78. The second-order valence-corrected chi connectivity index (χ2v) is 3.97. The summed E-state index contributed by atoms with van der Waals surface area (Å²) in [4.78, 5) is 2.44. The summed E-state index contributed by atoms with van der Waals surface area (Å²) in [6.45, 7) is 5.56. The molecule has 15 heavy (non-hydrogen) atoms. The van der Waals surface area contributed by atoms with Crippen molar-refractivity contribution in [1.82, 2.24) is 4.90 Å². The number of unbranched alkanes of at least 4 members (excludes halogenated alkanes) is 1. The molecule has 0 fully saturated rings. The van der Waals surface area contributed by atoms with Crippen molar-refractivity contribution in [2.45, 2.75) is 32.2 Å². The lowest BCUT2D eigenvalue weighted by molar-refractivity contribution is 0.0720. The van der Waals surface area contributed by atoms with Gasteiger partial charge in [0.1, 0.15) is 0 Å². The molecular weight excluding hydrogens is 190 g/mol. The lowest BCUT2D eigenvalue weighted by Gasteiger charge is -2.23. The average molecular weight is 213 g/mol. The lowest BCUT2D eigenvalue weighted by atomic mass is 10.1. The van der Waals surface area contributed by atoms with Crippen molar-refractivity contribution in [3.63, 3.8) is 0 Å². The monoisotopic (exact) mass is 213 g/mol.